The highest BCUT2D eigenvalue weighted by atomic mass is 16.3. The molecule has 4 rings (SSSR count). The lowest BCUT2D eigenvalue weighted by molar-refractivity contribution is -0.0765. The zero-order valence-electron chi connectivity index (χ0n) is 12.8. The molecule has 0 bridgehead atoms. The van der Waals surface area contributed by atoms with Crippen molar-refractivity contribution in [1.82, 2.24) is 0 Å². The number of furan rings is 1. The molecule has 1 aromatic heterocycles. The first-order valence-corrected chi connectivity index (χ1v) is 7.58. The van der Waals surface area contributed by atoms with Crippen LogP contribution in [-0.2, 0) is 12.0 Å². The summed E-state index contributed by atoms with van der Waals surface area (Å²) in [6.07, 6.45) is 1.35. The molecule has 2 atom stereocenters. The van der Waals surface area contributed by atoms with E-state index < -0.39 is 23.3 Å². The van der Waals surface area contributed by atoms with Crippen molar-refractivity contribution in [2.24, 2.45) is 0 Å². The molecule has 0 unspecified atom stereocenters. The first-order valence-electron chi connectivity index (χ1n) is 7.58. The van der Waals surface area contributed by atoms with E-state index in [4.69, 9.17) is 4.42 Å². The number of fused-ring (bicyclic) bond motifs is 5. The van der Waals surface area contributed by atoms with Gasteiger partial charge < -0.3 is 14.6 Å². The van der Waals surface area contributed by atoms with Gasteiger partial charge in [0.1, 0.15) is 11.4 Å². The quantitative estimate of drug-likeness (QED) is 0.728. The molecule has 0 amide bonds. The molecule has 118 valence electrons. The topological polar surface area (TPSA) is 87.7 Å². The van der Waals surface area contributed by atoms with E-state index >= 15 is 0 Å². The highest BCUT2D eigenvalue weighted by Gasteiger charge is 2.43. The average Bonchev–Trinajstić information content (AvgIpc) is 2.90. The van der Waals surface area contributed by atoms with Crippen LogP contribution in [0.5, 0.6) is 0 Å². The molecule has 2 N–H and O–H groups in total. The second kappa shape index (κ2) is 4.40. The molecule has 5 heteroatoms. The van der Waals surface area contributed by atoms with Crippen LogP contribution >= 0.6 is 0 Å². The van der Waals surface area contributed by atoms with Gasteiger partial charge in [0, 0.05) is 11.1 Å². The van der Waals surface area contributed by atoms with Gasteiger partial charge in [-0.25, -0.2) is 0 Å². The van der Waals surface area contributed by atoms with Crippen molar-refractivity contribution in [2.75, 3.05) is 0 Å². The van der Waals surface area contributed by atoms with E-state index in [-0.39, 0.29) is 0 Å². The highest BCUT2D eigenvalue weighted by molar-refractivity contribution is 6.53. The minimum atomic E-state index is -1.44. The summed E-state index contributed by atoms with van der Waals surface area (Å²) >= 11 is 0. The van der Waals surface area contributed by atoms with Gasteiger partial charge >= 0.3 is 0 Å². The number of hydrogen-bond acceptors (Lipinski definition) is 5. The SMILES string of the molecule is Cc1coc2c1C(=O)C(=O)c1c-2ccc2c1CC[C@@H](O)[C@@]2(C)O. The number of carbonyl (C=O) groups excluding carboxylic acids is 2. The second-order valence-corrected chi connectivity index (χ2v) is 6.50. The molecular weight excluding hydrogens is 296 g/mol. The number of benzene rings is 1. The molecular formula is C18H16O5. The summed E-state index contributed by atoms with van der Waals surface area (Å²) in [6.45, 7) is 3.26. The van der Waals surface area contributed by atoms with Crippen LogP contribution in [0.3, 0.4) is 0 Å². The fourth-order valence-corrected chi connectivity index (χ4v) is 3.72. The first-order chi connectivity index (χ1) is 10.8. The minimum absolute atomic E-state index is 0.307. The fourth-order valence-electron chi connectivity index (χ4n) is 3.72. The lowest BCUT2D eigenvalue weighted by Crippen LogP contribution is -2.42. The van der Waals surface area contributed by atoms with E-state index in [1.54, 1.807) is 19.1 Å². The third-order valence-corrected chi connectivity index (χ3v) is 5.05. The van der Waals surface area contributed by atoms with Gasteiger partial charge in [0.25, 0.3) is 0 Å². The zero-order chi connectivity index (χ0) is 16.5. The van der Waals surface area contributed by atoms with Crippen LogP contribution in [0.25, 0.3) is 11.3 Å². The summed E-state index contributed by atoms with van der Waals surface area (Å²) in [5, 5.41) is 20.6. The number of aliphatic hydroxyl groups is 2. The van der Waals surface area contributed by atoms with Crippen molar-refractivity contribution in [3.05, 3.63) is 46.2 Å². The van der Waals surface area contributed by atoms with E-state index in [9.17, 15) is 19.8 Å². The van der Waals surface area contributed by atoms with Gasteiger partial charge in [0.2, 0.25) is 11.6 Å². The standard InChI is InChI=1S/C18H16O5/c1-8-7-23-17-10-3-5-11-9(4-6-12(19)18(11,2)22)14(10)16(21)15(20)13(8)17/h3,5,7,12,19,22H,4,6H2,1-2H3/t12-,18+/m1/s1. The van der Waals surface area contributed by atoms with Gasteiger partial charge in [-0.05, 0) is 43.4 Å². The molecule has 1 heterocycles. The molecule has 0 fully saturated rings. The molecule has 1 aromatic carbocycles. The van der Waals surface area contributed by atoms with Crippen molar-refractivity contribution in [3.8, 4) is 11.3 Å². The van der Waals surface area contributed by atoms with Gasteiger partial charge in [-0.15, -0.1) is 0 Å². The molecule has 0 saturated heterocycles. The number of rotatable bonds is 0. The molecule has 0 aliphatic heterocycles. The predicted octanol–water partition coefficient (Wildman–Crippen LogP) is 2.15. The van der Waals surface area contributed by atoms with Crippen LogP contribution in [0.2, 0.25) is 0 Å². The summed E-state index contributed by atoms with van der Waals surface area (Å²) < 4.78 is 5.51. The van der Waals surface area contributed by atoms with E-state index in [2.05, 4.69) is 0 Å². The fraction of sp³-hybridized carbons (Fsp3) is 0.333. The summed E-state index contributed by atoms with van der Waals surface area (Å²) in [7, 11) is 0. The van der Waals surface area contributed by atoms with Crippen molar-refractivity contribution in [2.45, 2.75) is 38.4 Å². The van der Waals surface area contributed by atoms with Crippen LogP contribution in [0.15, 0.2) is 22.8 Å². The Labute approximate surface area is 132 Å². The number of aryl methyl sites for hydroxylation is 1. The van der Waals surface area contributed by atoms with Gasteiger partial charge in [-0.1, -0.05) is 12.1 Å². The zero-order valence-corrected chi connectivity index (χ0v) is 12.8. The van der Waals surface area contributed by atoms with Gasteiger partial charge in [-0.2, -0.15) is 0 Å². The number of Topliss-reactive ketones (excluding diaryl/α,β-unsaturated/α-hetero) is 2. The van der Waals surface area contributed by atoms with Crippen LogP contribution < -0.4 is 0 Å². The Hall–Kier alpha value is -2.24. The lowest BCUT2D eigenvalue weighted by Gasteiger charge is -2.37. The molecule has 0 radical (unpaired) electrons. The first kappa shape index (κ1) is 14.4. The Morgan fingerprint density at radius 3 is 2.65 bits per heavy atom. The Balaban J connectivity index is 2.05. The lowest BCUT2D eigenvalue weighted by atomic mass is 9.73. The third kappa shape index (κ3) is 1.69. The van der Waals surface area contributed by atoms with Crippen molar-refractivity contribution >= 4 is 11.6 Å². The Kier molecular flexibility index (Phi) is 2.75. The maximum Gasteiger partial charge on any atom is 0.237 e. The van der Waals surface area contributed by atoms with Crippen LogP contribution in [0.1, 0.15) is 50.8 Å². The number of aliphatic hydroxyl groups excluding tert-OH is 1. The highest BCUT2D eigenvalue weighted by Crippen LogP contribution is 2.44. The molecule has 23 heavy (non-hydrogen) atoms. The summed E-state index contributed by atoms with van der Waals surface area (Å²) in [6, 6.07) is 3.40. The maximum atomic E-state index is 12.7. The normalized spacial score (nSPS) is 25.8. The van der Waals surface area contributed by atoms with E-state index in [1.165, 1.54) is 13.2 Å². The molecule has 2 aromatic rings. The van der Waals surface area contributed by atoms with Crippen molar-refractivity contribution < 1.29 is 24.2 Å². The largest absolute Gasteiger partial charge is 0.463 e. The molecule has 0 spiro atoms. The van der Waals surface area contributed by atoms with Gasteiger partial charge in [0.15, 0.2) is 0 Å². The van der Waals surface area contributed by atoms with Crippen molar-refractivity contribution in [3.63, 3.8) is 0 Å². The molecule has 2 aliphatic rings. The molecule has 2 aliphatic carbocycles. The number of ketones is 2. The van der Waals surface area contributed by atoms with Crippen LogP contribution in [0.4, 0.5) is 0 Å². The van der Waals surface area contributed by atoms with E-state index in [0.717, 1.165) is 0 Å². The monoisotopic (exact) mass is 312 g/mol. The van der Waals surface area contributed by atoms with E-state index in [0.29, 0.717) is 52.0 Å². The number of carbonyl (C=O) groups is 2. The van der Waals surface area contributed by atoms with Crippen LogP contribution in [-0.4, -0.2) is 27.9 Å². The second-order valence-electron chi connectivity index (χ2n) is 6.50. The summed E-state index contributed by atoms with van der Waals surface area (Å²) in [5.74, 6) is -0.727. The van der Waals surface area contributed by atoms with Gasteiger partial charge in [-0.3, -0.25) is 9.59 Å². The summed E-state index contributed by atoms with van der Waals surface area (Å²) in [5.41, 5.74) is 1.56. The van der Waals surface area contributed by atoms with Gasteiger partial charge in [0.05, 0.1) is 17.9 Å². The number of hydrogen-bond donors (Lipinski definition) is 2. The summed E-state index contributed by atoms with van der Waals surface area (Å²) in [4.78, 5) is 25.1. The Bertz CT molecular complexity index is 872. The Morgan fingerprint density at radius 2 is 1.91 bits per heavy atom. The third-order valence-electron chi connectivity index (χ3n) is 5.05. The molecule has 0 saturated carbocycles. The smallest absolute Gasteiger partial charge is 0.237 e. The van der Waals surface area contributed by atoms with Crippen molar-refractivity contribution in [1.29, 1.82) is 0 Å². The van der Waals surface area contributed by atoms with E-state index in [1.807, 2.05) is 0 Å². The minimum Gasteiger partial charge on any atom is -0.463 e. The average molecular weight is 312 g/mol. The predicted molar refractivity (Wildman–Crippen MR) is 81.4 cm³/mol. The Morgan fingerprint density at radius 1 is 1.22 bits per heavy atom. The van der Waals surface area contributed by atoms with Crippen LogP contribution in [0, 0.1) is 6.92 Å². The molecule has 5 nitrogen and oxygen atoms in total. The maximum absolute atomic E-state index is 12.7.